The predicted molar refractivity (Wildman–Crippen MR) is 115 cm³/mol. The molecule has 0 saturated carbocycles. The molecule has 160 valence electrons. The van der Waals surface area contributed by atoms with E-state index in [0.29, 0.717) is 43.5 Å². The minimum Gasteiger partial charge on any atom is -0.383 e. The van der Waals surface area contributed by atoms with Gasteiger partial charge >= 0.3 is 6.18 Å². The molecular formula is C21H24F3N5S. The number of anilines is 2. The van der Waals surface area contributed by atoms with Crippen molar-refractivity contribution < 1.29 is 13.2 Å². The molecule has 0 bridgehead atoms. The smallest absolute Gasteiger partial charge is 0.383 e. The molecule has 0 radical (unpaired) electrons. The molecule has 1 unspecified atom stereocenters. The Labute approximate surface area is 177 Å². The fourth-order valence-electron chi connectivity index (χ4n) is 3.89. The van der Waals surface area contributed by atoms with Crippen LogP contribution in [0.2, 0.25) is 0 Å². The van der Waals surface area contributed by atoms with Crippen molar-refractivity contribution in [1.82, 2.24) is 14.9 Å². The van der Waals surface area contributed by atoms with E-state index in [9.17, 15) is 13.2 Å². The van der Waals surface area contributed by atoms with Gasteiger partial charge in [0, 0.05) is 36.7 Å². The number of halogens is 3. The second-order valence-corrected chi connectivity index (χ2v) is 8.88. The van der Waals surface area contributed by atoms with Crippen LogP contribution in [-0.2, 0) is 6.18 Å². The van der Waals surface area contributed by atoms with Crippen LogP contribution >= 0.6 is 11.3 Å². The van der Waals surface area contributed by atoms with E-state index >= 15 is 0 Å². The van der Waals surface area contributed by atoms with Gasteiger partial charge in [0.1, 0.15) is 16.5 Å². The van der Waals surface area contributed by atoms with E-state index in [-0.39, 0.29) is 6.04 Å². The van der Waals surface area contributed by atoms with Crippen molar-refractivity contribution in [2.45, 2.75) is 33.0 Å². The second kappa shape index (κ2) is 7.70. The first-order chi connectivity index (χ1) is 14.1. The van der Waals surface area contributed by atoms with Gasteiger partial charge in [0.2, 0.25) is 0 Å². The Morgan fingerprint density at radius 1 is 1.10 bits per heavy atom. The normalized spacial score (nSPS) is 16.9. The maximum atomic E-state index is 13.0. The molecule has 0 spiro atoms. The number of aromatic nitrogens is 2. The Morgan fingerprint density at radius 2 is 1.80 bits per heavy atom. The van der Waals surface area contributed by atoms with Crippen LogP contribution in [0.1, 0.15) is 34.8 Å². The van der Waals surface area contributed by atoms with Crippen LogP contribution in [-0.4, -0.2) is 41.0 Å². The van der Waals surface area contributed by atoms with Gasteiger partial charge in [0.25, 0.3) is 0 Å². The Balaban J connectivity index is 1.49. The fourth-order valence-corrected chi connectivity index (χ4v) is 4.94. The second-order valence-electron chi connectivity index (χ2n) is 7.68. The maximum absolute atomic E-state index is 13.0. The summed E-state index contributed by atoms with van der Waals surface area (Å²) in [6, 6.07) is 5.49. The standard InChI is InChI=1S/C21H24F3N5S/c1-12-14(3)30-20-17(12)18(25)26-19(27-20)13(2)28-7-9-29(10-8-28)16-6-4-5-15(11-16)21(22,23)24/h4-6,11,13H,7-10H2,1-3H3,(H2,25,26,27). The highest BCUT2D eigenvalue weighted by Crippen LogP contribution is 2.34. The number of fused-ring (bicyclic) bond motifs is 1. The van der Waals surface area contributed by atoms with Gasteiger partial charge in [-0.3, -0.25) is 4.90 Å². The van der Waals surface area contributed by atoms with Gasteiger partial charge in [0.05, 0.1) is 17.0 Å². The van der Waals surface area contributed by atoms with Gasteiger partial charge in [0.15, 0.2) is 0 Å². The number of hydrogen-bond donors (Lipinski definition) is 1. The Morgan fingerprint density at radius 3 is 2.47 bits per heavy atom. The summed E-state index contributed by atoms with van der Waals surface area (Å²) in [4.78, 5) is 15.6. The average Bonchev–Trinajstić information content (AvgIpc) is 3.01. The van der Waals surface area contributed by atoms with Crippen LogP contribution in [0.15, 0.2) is 24.3 Å². The van der Waals surface area contributed by atoms with E-state index in [2.05, 4.69) is 16.8 Å². The first-order valence-corrected chi connectivity index (χ1v) is 10.7. The van der Waals surface area contributed by atoms with Crippen molar-refractivity contribution in [3.8, 4) is 0 Å². The molecule has 9 heteroatoms. The number of rotatable bonds is 3. The number of nitrogen functional groups attached to an aromatic ring is 1. The number of thiophene rings is 1. The van der Waals surface area contributed by atoms with Crippen molar-refractivity contribution in [3.05, 3.63) is 46.1 Å². The molecule has 1 aliphatic heterocycles. The lowest BCUT2D eigenvalue weighted by Gasteiger charge is -2.38. The Kier molecular flexibility index (Phi) is 5.36. The number of alkyl halides is 3. The lowest BCUT2D eigenvalue weighted by Crippen LogP contribution is -2.47. The summed E-state index contributed by atoms with van der Waals surface area (Å²) in [6.45, 7) is 8.83. The van der Waals surface area contributed by atoms with E-state index in [1.165, 1.54) is 17.0 Å². The number of nitrogens with zero attached hydrogens (tertiary/aromatic N) is 4. The van der Waals surface area contributed by atoms with Gasteiger partial charge in [-0.2, -0.15) is 13.2 Å². The molecule has 3 heterocycles. The van der Waals surface area contributed by atoms with E-state index in [1.807, 2.05) is 18.7 Å². The molecule has 2 N–H and O–H groups in total. The largest absolute Gasteiger partial charge is 0.416 e. The summed E-state index contributed by atoms with van der Waals surface area (Å²) in [7, 11) is 0. The zero-order valence-corrected chi connectivity index (χ0v) is 17.9. The van der Waals surface area contributed by atoms with Crippen LogP contribution in [0, 0.1) is 13.8 Å². The summed E-state index contributed by atoms with van der Waals surface area (Å²) in [5.41, 5.74) is 7.33. The molecule has 2 aromatic heterocycles. The monoisotopic (exact) mass is 435 g/mol. The van der Waals surface area contributed by atoms with Crippen molar-refractivity contribution in [2.24, 2.45) is 0 Å². The first-order valence-electron chi connectivity index (χ1n) is 9.84. The minimum absolute atomic E-state index is 0.0249. The summed E-state index contributed by atoms with van der Waals surface area (Å²) in [6.07, 6.45) is -4.33. The van der Waals surface area contributed by atoms with Gasteiger partial charge in [-0.25, -0.2) is 9.97 Å². The van der Waals surface area contributed by atoms with Crippen LogP contribution in [0.4, 0.5) is 24.7 Å². The van der Waals surface area contributed by atoms with E-state index in [1.54, 1.807) is 17.4 Å². The van der Waals surface area contributed by atoms with E-state index in [4.69, 9.17) is 10.7 Å². The van der Waals surface area contributed by atoms with Crippen molar-refractivity contribution >= 4 is 33.1 Å². The van der Waals surface area contributed by atoms with Gasteiger partial charge < -0.3 is 10.6 Å². The van der Waals surface area contributed by atoms with Gasteiger partial charge in [-0.1, -0.05) is 6.07 Å². The highest BCUT2D eigenvalue weighted by Gasteiger charge is 2.31. The molecule has 1 atom stereocenters. The quantitative estimate of drug-likeness (QED) is 0.641. The number of piperazine rings is 1. The van der Waals surface area contributed by atoms with Crippen molar-refractivity contribution in [1.29, 1.82) is 0 Å². The molecule has 5 nitrogen and oxygen atoms in total. The van der Waals surface area contributed by atoms with Gasteiger partial charge in [-0.15, -0.1) is 11.3 Å². The summed E-state index contributed by atoms with van der Waals surface area (Å²) in [5, 5.41) is 0.933. The highest BCUT2D eigenvalue weighted by atomic mass is 32.1. The summed E-state index contributed by atoms with van der Waals surface area (Å²) in [5.74, 6) is 1.19. The molecule has 1 saturated heterocycles. The lowest BCUT2D eigenvalue weighted by molar-refractivity contribution is -0.137. The summed E-state index contributed by atoms with van der Waals surface area (Å²) < 4.78 is 39.0. The molecule has 0 aliphatic carbocycles. The topological polar surface area (TPSA) is 58.3 Å². The number of hydrogen-bond acceptors (Lipinski definition) is 6. The third kappa shape index (κ3) is 3.83. The molecule has 1 aromatic carbocycles. The van der Waals surface area contributed by atoms with E-state index in [0.717, 1.165) is 21.8 Å². The summed E-state index contributed by atoms with van der Waals surface area (Å²) >= 11 is 1.62. The minimum atomic E-state index is -4.33. The first kappa shape index (κ1) is 20.9. The number of benzene rings is 1. The lowest BCUT2D eigenvalue weighted by atomic mass is 10.1. The van der Waals surface area contributed by atoms with Crippen LogP contribution < -0.4 is 10.6 Å². The highest BCUT2D eigenvalue weighted by molar-refractivity contribution is 7.18. The molecule has 3 aromatic rings. The van der Waals surface area contributed by atoms with Crippen LogP contribution in [0.5, 0.6) is 0 Å². The van der Waals surface area contributed by atoms with Crippen molar-refractivity contribution in [2.75, 3.05) is 36.8 Å². The third-order valence-corrected chi connectivity index (χ3v) is 6.95. The van der Waals surface area contributed by atoms with Crippen molar-refractivity contribution in [3.63, 3.8) is 0 Å². The molecule has 1 fully saturated rings. The molecule has 4 rings (SSSR count). The SMILES string of the molecule is Cc1sc2nc(C(C)N3CCN(c4cccc(C(F)(F)F)c4)CC3)nc(N)c2c1C. The molecule has 0 amide bonds. The Bertz CT molecular complexity index is 1070. The predicted octanol–water partition coefficient (Wildman–Crippen LogP) is 4.79. The Hall–Kier alpha value is -2.39. The molecule has 30 heavy (non-hydrogen) atoms. The number of aryl methyl sites for hydroxylation is 2. The number of nitrogens with two attached hydrogens (primary N) is 1. The van der Waals surface area contributed by atoms with Crippen LogP contribution in [0.3, 0.4) is 0 Å². The molecule has 1 aliphatic rings. The average molecular weight is 436 g/mol. The zero-order chi connectivity index (χ0) is 21.6. The maximum Gasteiger partial charge on any atom is 0.416 e. The molecular weight excluding hydrogens is 411 g/mol. The zero-order valence-electron chi connectivity index (χ0n) is 17.1. The fraction of sp³-hybridized carbons (Fsp3) is 0.429. The van der Waals surface area contributed by atoms with Crippen LogP contribution in [0.25, 0.3) is 10.2 Å². The third-order valence-electron chi connectivity index (χ3n) is 5.85. The van der Waals surface area contributed by atoms with E-state index < -0.39 is 11.7 Å². The van der Waals surface area contributed by atoms with Gasteiger partial charge in [-0.05, 0) is 44.5 Å².